The summed E-state index contributed by atoms with van der Waals surface area (Å²) < 4.78 is 48.2. The number of guanidine groups is 1. The largest absolute Gasteiger partial charge is 0.573 e. The number of nitrogens with zero attached hydrogens (tertiary/aromatic N) is 4. The molecule has 0 aliphatic carbocycles. The number of aromatic nitrogens is 2. The van der Waals surface area contributed by atoms with E-state index in [4.69, 9.17) is 4.74 Å². The van der Waals surface area contributed by atoms with Crippen molar-refractivity contribution in [1.29, 1.82) is 0 Å². The second-order valence-corrected chi connectivity index (χ2v) is 6.67. The van der Waals surface area contributed by atoms with Crippen LogP contribution in [0.5, 0.6) is 5.75 Å². The summed E-state index contributed by atoms with van der Waals surface area (Å²) in [5.74, 6) is 0.541. The summed E-state index contributed by atoms with van der Waals surface area (Å²) in [6.07, 6.45) is -0.368. The average Bonchev–Trinajstić information content (AvgIpc) is 3.12. The maximum atomic E-state index is 12.2. The molecule has 166 valence electrons. The molecule has 1 fully saturated rings. The van der Waals surface area contributed by atoms with Crippen LogP contribution in [0.4, 0.5) is 13.2 Å². The monoisotopic (exact) mass is 539 g/mol. The highest BCUT2D eigenvalue weighted by atomic mass is 127. The molecule has 0 amide bonds. The second-order valence-electron chi connectivity index (χ2n) is 6.67. The van der Waals surface area contributed by atoms with Crippen molar-refractivity contribution in [3.63, 3.8) is 0 Å². The minimum Gasteiger partial charge on any atom is -0.406 e. The van der Waals surface area contributed by atoms with Gasteiger partial charge in [-0.1, -0.05) is 12.1 Å². The third-order valence-electron chi connectivity index (χ3n) is 4.53. The number of benzene rings is 1. The first-order valence-electron chi connectivity index (χ1n) is 9.24. The molecular formula is C19H25F3IN5O2. The number of hydrogen-bond donors (Lipinski definition) is 1. The topological polar surface area (TPSA) is 63.9 Å². The summed E-state index contributed by atoms with van der Waals surface area (Å²) >= 11 is 0. The molecule has 3 rings (SSSR count). The van der Waals surface area contributed by atoms with Crippen molar-refractivity contribution >= 4 is 29.9 Å². The van der Waals surface area contributed by atoms with Crippen LogP contribution >= 0.6 is 24.0 Å². The standard InChI is InChI=1S/C19H24F3N5O2.HI/c1-23-18(27-9-10-28-17(13-27)15-11-25-26(2)12-15)24-8-7-14-3-5-16(6-4-14)29-19(20,21)22;/h3-6,11-12,17H,7-10,13H2,1-2H3,(H,23,24);1H. The Morgan fingerprint density at radius 1 is 1.33 bits per heavy atom. The van der Waals surface area contributed by atoms with E-state index in [1.807, 2.05) is 13.2 Å². The third-order valence-corrected chi connectivity index (χ3v) is 4.53. The second kappa shape index (κ2) is 10.8. The molecule has 30 heavy (non-hydrogen) atoms. The maximum absolute atomic E-state index is 12.2. The summed E-state index contributed by atoms with van der Waals surface area (Å²) in [7, 11) is 3.59. The Labute approximate surface area is 190 Å². The average molecular weight is 539 g/mol. The Bertz CT molecular complexity index is 826. The lowest BCUT2D eigenvalue weighted by Gasteiger charge is -2.34. The number of aryl methyl sites for hydroxylation is 1. The predicted octanol–water partition coefficient (Wildman–Crippen LogP) is 3.13. The summed E-state index contributed by atoms with van der Waals surface area (Å²) in [6, 6.07) is 5.88. The molecule has 11 heteroatoms. The molecular weight excluding hydrogens is 514 g/mol. The van der Waals surface area contributed by atoms with Gasteiger partial charge in [-0.15, -0.1) is 37.1 Å². The van der Waals surface area contributed by atoms with Crippen molar-refractivity contribution in [2.45, 2.75) is 18.9 Å². The summed E-state index contributed by atoms with van der Waals surface area (Å²) in [5.41, 5.74) is 1.92. The van der Waals surface area contributed by atoms with Gasteiger partial charge in [0, 0.05) is 38.9 Å². The molecule has 1 aliphatic rings. The zero-order valence-corrected chi connectivity index (χ0v) is 19.1. The molecule has 1 unspecified atom stereocenters. The van der Waals surface area contributed by atoms with Gasteiger partial charge in [0.1, 0.15) is 11.9 Å². The van der Waals surface area contributed by atoms with E-state index >= 15 is 0 Å². The number of ether oxygens (including phenoxy) is 2. The van der Waals surface area contributed by atoms with E-state index in [-0.39, 0.29) is 35.8 Å². The maximum Gasteiger partial charge on any atom is 0.573 e. The molecule has 1 saturated heterocycles. The van der Waals surface area contributed by atoms with Crippen molar-refractivity contribution in [3.8, 4) is 5.75 Å². The zero-order chi connectivity index (χ0) is 20.9. The van der Waals surface area contributed by atoms with Crippen LogP contribution in [-0.4, -0.2) is 60.3 Å². The molecule has 0 radical (unpaired) electrons. The number of rotatable bonds is 5. The van der Waals surface area contributed by atoms with Crippen molar-refractivity contribution in [2.24, 2.45) is 12.0 Å². The Balaban J connectivity index is 0.00000320. The van der Waals surface area contributed by atoms with Gasteiger partial charge in [-0.2, -0.15) is 5.10 Å². The van der Waals surface area contributed by atoms with E-state index in [1.165, 1.54) is 12.1 Å². The third kappa shape index (κ3) is 7.04. The minimum atomic E-state index is -4.68. The van der Waals surface area contributed by atoms with E-state index in [0.717, 1.165) is 23.6 Å². The highest BCUT2D eigenvalue weighted by molar-refractivity contribution is 14.0. The van der Waals surface area contributed by atoms with Crippen LogP contribution in [0.15, 0.2) is 41.7 Å². The van der Waals surface area contributed by atoms with Crippen LogP contribution in [0, 0.1) is 0 Å². The van der Waals surface area contributed by atoms with Gasteiger partial charge in [0.15, 0.2) is 5.96 Å². The van der Waals surface area contributed by atoms with Crippen molar-refractivity contribution in [2.75, 3.05) is 33.3 Å². The van der Waals surface area contributed by atoms with Gasteiger partial charge in [-0.05, 0) is 24.1 Å². The summed E-state index contributed by atoms with van der Waals surface area (Å²) in [6.45, 7) is 2.57. The fourth-order valence-corrected chi connectivity index (χ4v) is 3.16. The van der Waals surface area contributed by atoms with Crippen LogP contribution in [0.3, 0.4) is 0 Å². The zero-order valence-electron chi connectivity index (χ0n) is 16.7. The van der Waals surface area contributed by atoms with E-state index < -0.39 is 6.36 Å². The van der Waals surface area contributed by atoms with Crippen molar-refractivity contribution in [3.05, 3.63) is 47.8 Å². The van der Waals surface area contributed by atoms with Gasteiger partial charge in [-0.25, -0.2) is 0 Å². The van der Waals surface area contributed by atoms with Gasteiger partial charge in [0.05, 0.1) is 19.3 Å². The van der Waals surface area contributed by atoms with Crippen molar-refractivity contribution in [1.82, 2.24) is 20.0 Å². The van der Waals surface area contributed by atoms with Crippen LogP contribution < -0.4 is 10.1 Å². The predicted molar refractivity (Wildman–Crippen MR) is 117 cm³/mol. The molecule has 2 heterocycles. The Morgan fingerprint density at radius 3 is 2.67 bits per heavy atom. The van der Waals surface area contributed by atoms with E-state index in [0.29, 0.717) is 26.1 Å². The van der Waals surface area contributed by atoms with Gasteiger partial charge in [-0.3, -0.25) is 9.67 Å². The number of aliphatic imine (C=N–C) groups is 1. The Kier molecular flexibility index (Phi) is 8.77. The molecule has 1 aromatic heterocycles. The molecule has 0 bridgehead atoms. The lowest BCUT2D eigenvalue weighted by Crippen LogP contribution is -2.48. The number of nitrogens with one attached hydrogen (secondary N) is 1. The minimum absolute atomic E-state index is 0. The first-order valence-corrected chi connectivity index (χ1v) is 9.24. The molecule has 7 nitrogen and oxygen atoms in total. The highest BCUT2D eigenvalue weighted by Crippen LogP contribution is 2.23. The van der Waals surface area contributed by atoms with Crippen LogP contribution in [-0.2, 0) is 18.2 Å². The quantitative estimate of drug-likeness (QED) is 0.360. The van der Waals surface area contributed by atoms with Crippen LogP contribution in [0.25, 0.3) is 0 Å². The normalized spacial score (nSPS) is 17.4. The molecule has 1 aromatic carbocycles. The fraction of sp³-hybridized carbons (Fsp3) is 0.474. The first kappa shape index (κ1) is 24.3. The molecule has 2 aromatic rings. The fourth-order valence-electron chi connectivity index (χ4n) is 3.16. The molecule has 0 saturated carbocycles. The summed E-state index contributed by atoms with van der Waals surface area (Å²) in [4.78, 5) is 6.47. The lowest BCUT2D eigenvalue weighted by atomic mass is 10.1. The SMILES string of the molecule is CN=C(NCCc1ccc(OC(F)(F)F)cc1)N1CCOC(c2cnn(C)c2)C1.I. The van der Waals surface area contributed by atoms with Crippen LogP contribution in [0.2, 0.25) is 0 Å². The highest BCUT2D eigenvalue weighted by Gasteiger charge is 2.31. The van der Waals surface area contributed by atoms with Crippen LogP contribution in [0.1, 0.15) is 17.2 Å². The molecule has 1 N–H and O–H groups in total. The smallest absolute Gasteiger partial charge is 0.406 e. The lowest BCUT2D eigenvalue weighted by molar-refractivity contribution is -0.274. The molecule has 1 aliphatic heterocycles. The first-order chi connectivity index (χ1) is 13.8. The van der Waals surface area contributed by atoms with E-state index in [9.17, 15) is 13.2 Å². The molecule has 1 atom stereocenters. The number of halogens is 4. The van der Waals surface area contributed by atoms with Gasteiger partial charge < -0.3 is 19.7 Å². The summed E-state index contributed by atoms with van der Waals surface area (Å²) in [5, 5.41) is 7.50. The molecule has 0 spiro atoms. The number of morpholine rings is 1. The van der Waals surface area contributed by atoms with Crippen molar-refractivity contribution < 1.29 is 22.6 Å². The van der Waals surface area contributed by atoms with Gasteiger partial charge in [0.25, 0.3) is 0 Å². The van der Waals surface area contributed by atoms with E-state index in [1.54, 1.807) is 30.1 Å². The van der Waals surface area contributed by atoms with Gasteiger partial charge in [0.2, 0.25) is 0 Å². The van der Waals surface area contributed by atoms with E-state index in [2.05, 4.69) is 25.0 Å². The van der Waals surface area contributed by atoms with Gasteiger partial charge >= 0.3 is 6.36 Å². The number of alkyl halides is 3. The number of hydrogen-bond acceptors (Lipinski definition) is 4. The Morgan fingerprint density at radius 2 is 2.07 bits per heavy atom. The Hall–Kier alpha value is -2.02.